The highest BCUT2D eigenvalue weighted by Gasteiger charge is 2.14. The molecule has 7 nitrogen and oxygen atoms in total. The SMILES string of the molecule is COc1cc(C(Cc2cnn(C)c2)NN)ncn1. The van der Waals surface area contributed by atoms with Gasteiger partial charge in [-0.25, -0.2) is 9.97 Å². The highest BCUT2D eigenvalue weighted by Crippen LogP contribution is 2.17. The molecule has 18 heavy (non-hydrogen) atoms. The van der Waals surface area contributed by atoms with Gasteiger partial charge < -0.3 is 4.74 Å². The summed E-state index contributed by atoms with van der Waals surface area (Å²) in [6, 6.07) is 1.66. The summed E-state index contributed by atoms with van der Waals surface area (Å²) in [6.45, 7) is 0. The average Bonchev–Trinajstić information content (AvgIpc) is 2.81. The van der Waals surface area contributed by atoms with Gasteiger partial charge in [-0.3, -0.25) is 16.0 Å². The number of ether oxygens (including phenoxy) is 1. The molecular weight excluding hydrogens is 232 g/mol. The molecule has 0 aliphatic rings. The first kappa shape index (κ1) is 12.5. The van der Waals surface area contributed by atoms with Crippen molar-refractivity contribution in [1.82, 2.24) is 25.2 Å². The molecule has 96 valence electrons. The molecule has 0 aliphatic carbocycles. The molecule has 3 N–H and O–H groups in total. The summed E-state index contributed by atoms with van der Waals surface area (Å²) < 4.78 is 6.82. The molecule has 0 spiro atoms. The topological polar surface area (TPSA) is 90.9 Å². The van der Waals surface area contributed by atoms with Crippen LogP contribution in [0.3, 0.4) is 0 Å². The van der Waals surface area contributed by atoms with E-state index < -0.39 is 0 Å². The summed E-state index contributed by atoms with van der Waals surface area (Å²) in [7, 11) is 3.44. The summed E-state index contributed by atoms with van der Waals surface area (Å²) >= 11 is 0. The molecule has 0 radical (unpaired) electrons. The van der Waals surface area contributed by atoms with Crippen molar-refractivity contribution in [1.29, 1.82) is 0 Å². The lowest BCUT2D eigenvalue weighted by Crippen LogP contribution is -2.30. The Morgan fingerprint density at radius 1 is 1.50 bits per heavy atom. The van der Waals surface area contributed by atoms with E-state index in [4.69, 9.17) is 10.6 Å². The lowest BCUT2D eigenvalue weighted by atomic mass is 10.1. The van der Waals surface area contributed by atoms with Gasteiger partial charge in [-0.2, -0.15) is 5.10 Å². The van der Waals surface area contributed by atoms with Crippen LogP contribution in [0.4, 0.5) is 0 Å². The number of aromatic nitrogens is 4. The first-order chi connectivity index (χ1) is 8.72. The number of nitrogens with one attached hydrogen (secondary N) is 1. The van der Waals surface area contributed by atoms with Crippen molar-refractivity contribution < 1.29 is 4.74 Å². The Kier molecular flexibility index (Phi) is 3.85. The first-order valence-electron chi connectivity index (χ1n) is 5.52. The smallest absolute Gasteiger partial charge is 0.216 e. The van der Waals surface area contributed by atoms with Crippen LogP contribution in [0.1, 0.15) is 17.3 Å². The Balaban J connectivity index is 2.17. The zero-order valence-corrected chi connectivity index (χ0v) is 10.4. The monoisotopic (exact) mass is 248 g/mol. The van der Waals surface area contributed by atoms with Crippen LogP contribution >= 0.6 is 0 Å². The Hall–Kier alpha value is -1.99. The van der Waals surface area contributed by atoms with Crippen molar-refractivity contribution in [2.24, 2.45) is 12.9 Å². The number of nitrogens with zero attached hydrogens (tertiary/aromatic N) is 4. The van der Waals surface area contributed by atoms with Crippen molar-refractivity contribution in [2.45, 2.75) is 12.5 Å². The number of hydrogen-bond donors (Lipinski definition) is 2. The maximum atomic E-state index is 5.57. The molecule has 1 atom stereocenters. The molecule has 0 aliphatic heterocycles. The molecule has 2 aromatic heterocycles. The molecule has 0 amide bonds. The quantitative estimate of drug-likeness (QED) is 0.570. The van der Waals surface area contributed by atoms with E-state index in [0.29, 0.717) is 12.3 Å². The van der Waals surface area contributed by atoms with E-state index in [-0.39, 0.29) is 6.04 Å². The third-order valence-electron chi connectivity index (χ3n) is 2.63. The molecular formula is C11H16N6O. The van der Waals surface area contributed by atoms with Gasteiger partial charge in [0.1, 0.15) is 6.33 Å². The van der Waals surface area contributed by atoms with E-state index in [1.807, 2.05) is 19.4 Å². The van der Waals surface area contributed by atoms with Gasteiger partial charge >= 0.3 is 0 Å². The second kappa shape index (κ2) is 5.56. The van der Waals surface area contributed by atoms with Crippen LogP contribution in [0, 0.1) is 0 Å². The van der Waals surface area contributed by atoms with Gasteiger partial charge in [-0.1, -0.05) is 0 Å². The van der Waals surface area contributed by atoms with Gasteiger partial charge in [-0.15, -0.1) is 0 Å². The van der Waals surface area contributed by atoms with E-state index in [1.165, 1.54) is 6.33 Å². The Bertz CT molecular complexity index is 512. The molecule has 2 heterocycles. The predicted molar refractivity (Wildman–Crippen MR) is 65.6 cm³/mol. The van der Waals surface area contributed by atoms with E-state index in [9.17, 15) is 0 Å². The van der Waals surface area contributed by atoms with Crippen molar-refractivity contribution in [3.8, 4) is 5.88 Å². The van der Waals surface area contributed by atoms with E-state index in [2.05, 4.69) is 20.5 Å². The van der Waals surface area contributed by atoms with Crippen molar-refractivity contribution in [3.63, 3.8) is 0 Å². The van der Waals surface area contributed by atoms with Crippen LogP contribution in [0.5, 0.6) is 5.88 Å². The normalized spacial score (nSPS) is 12.4. The molecule has 0 fully saturated rings. The van der Waals surface area contributed by atoms with Gasteiger partial charge in [0.2, 0.25) is 5.88 Å². The zero-order chi connectivity index (χ0) is 13.0. The molecule has 0 bridgehead atoms. The van der Waals surface area contributed by atoms with E-state index in [0.717, 1.165) is 11.3 Å². The van der Waals surface area contributed by atoms with Crippen molar-refractivity contribution in [2.75, 3.05) is 7.11 Å². The fourth-order valence-electron chi connectivity index (χ4n) is 1.72. The van der Waals surface area contributed by atoms with Crippen LogP contribution in [0.2, 0.25) is 0 Å². The second-order valence-corrected chi connectivity index (χ2v) is 3.93. The summed E-state index contributed by atoms with van der Waals surface area (Å²) in [5.41, 5.74) is 4.61. The molecule has 7 heteroatoms. The van der Waals surface area contributed by atoms with E-state index >= 15 is 0 Å². The van der Waals surface area contributed by atoms with Crippen LogP contribution in [0.15, 0.2) is 24.8 Å². The van der Waals surface area contributed by atoms with Crippen molar-refractivity contribution in [3.05, 3.63) is 36.0 Å². The lowest BCUT2D eigenvalue weighted by Gasteiger charge is -2.14. The summed E-state index contributed by atoms with van der Waals surface area (Å²) in [5, 5.41) is 4.12. The molecule has 1 unspecified atom stereocenters. The predicted octanol–water partition coefficient (Wildman–Crippen LogP) is -0.0342. The standard InChI is InChI=1S/C11H16N6O/c1-17-6-8(5-15-17)3-10(16-12)9-4-11(18-2)14-7-13-9/h4-7,10,16H,3,12H2,1-2H3. The third kappa shape index (κ3) is 2.82. The number of rotatable bonds is 5. The lowest BCUT2D eigenvalue weighted by molar-refractivity contribution is 0.393. The zero-order valence-electron chi connectivity index (χ0n) is 10.4. The van der Waals surface area contributed by atoms with E-state index in [1.54, 1.807) is 17.9 Å². The fraction of sp³-hybridized carbons (Fsp3) is 0.364. The van der Waals surface area contributed by atoms with Crippen molar-refractivity contribution >= 4 is 0 Å². The average molecular weight is 248 g/mol. The largest absolute Gasteiger partial charge is 0.481 e. The summed E-state index contributed by atoms with van der Waals surface area (Å²) in [6.07, 6.45) is 5.91. The van der Waals surface area contributed by atoms with Gasteiger partial charge in [-0.05, 0) is 12.0 Å². The minimum atomic E-state index is -0.105. The van der Waals surface area contributed by atoms with Crippen LogP contribution in [-0.2, 0) is 13.5 Å². The number of methoxy groups -OCH3 is 1. The van der Waals surface area contributed by atoms with Gasteiger partial charge in [0, 0.05) is 19.3 Å². The van der Waals surface area contributed by atoms with Gasteiger partial charge in [0.05, 0.1) is 25.0 Å². The first-order valence-corrected chi connectivity index (χ1v) is 5.52. The number of aryl methyl sites for hydroxylation is 1. The Morgan fingerprint density at radius 3 is 2.94 bits per heavy atom. The maximum Gasteiger partial charge on any atom is 0.216 e. The van der Waals surface area contributed by atoms with Crippen LogP contribution in [0.25, 0.3) is 0 Å². The number of hydrogen-bond acceptors (Lipinski definition) is 6. The molecule has 0 aromatic carbocycles. The van der Waals surface area contributed by atoms with Gasteiger partial charge in [0.25, 0.3) is 0 Å². The highest BCUT2D eigenvalue weighted by molar-refractivity contribution is 5.19. The third-order valence-corrected chi connectivity index (χ3v) is 2.63. The number of nitrogens with two attached hydrogens (primary N) is 1. The highest BCUT2D eigenvalue weighted by atomic mass is 16.5. The molecule has 2 aromatic rings. The fourth-order valence-corrected chi connectivity index (χ4v) is 1.72. The summed E-state index contributed by atoms with van der Waals surface area (Å²) in [4.78, 5) is 8.17. The Morgan fingerprint density at radius 2 is 2.33 bits per heavy atom. The Labute approximate surface area is 105 Å². The molecule has 0 saturated carbocycles. The molecule has 0 saturated heterocycles. The van der Waals surface area contributed by atoms with Gasteiger partial charge in [0.15, 0.2) is 0 Å². The molecule has 2 rings (SSSR count). The minimum Gasteiger partial charge on any atom is -0.481 e. The van der Waals surface area contributed by atoms with Crippen LogP contribution in [-0.4, -0.2) is 26.9 Å². The summed E-state index contributed by atoms with van der Waals surface area (Å²) in [5.74, 6) is 6.09. The minimum absolute atomic E-state index is 0.105. The van der Waals surface area contributed by atoms with Crippen LogP contribution < -0.4 is 16.0 Å². The second-order valence-electron chi connectivity index (χ2n) is 3.93. The maximum absolute atomic E-state index is 5.57. The number of hydrazine groups is 1.